The predicted molar refractivity (Wildman–Crippen MR) is 133 cm³/mol. The van der Waals surface area contributed by atoms with Gasteiger partial charge in [-0.3, -0.25) is 19.7 Å². The van der Waals surface area contributed by atoms with Crippen LogP contribution in [-0.4, -0.2) is 58.3 Å². The van der Waals surface area contributed by atoms with Gasteiger partial charge in [-0.2, -0.15) is 0 Å². The fourth-order valence-corrected chi connectivity index (χ4v) is 5.94. The number of carbonyl (C=O) groups is 3. The van der Waals surface area contributed by atoms with Gasteiger partial charge in [0.05, 0.1) is 23.2 Å². The van der Waals surface area contributed by atoms with Crippen LogP contribution in [0.25, 0.3) is 6.08 Å². The third kappa shape index (κ3) is 4.69. The van der Waals surface area contributed by atoms with Gasteiger partial charge in [0.25, 0.3) is 17.5 Å². The zero-order valence-corrected chi connectivity index (χ0v) is 24.5. The number of non-ortho nitro benzene ring substituents is 1. The summed E-state index contributed by atoms with van der Waals surface area (Å²) in [5.41, 5.74) is 0.221. The standard InChI is InChI=1S/C25H23N3O10S.Na/c1-24(2)17-5-3-4-6-18(17)26(25(24)11-9-15-13-16(28(32)33)7-8-19(15)37-25)12-10-22(30)38-27-21(29)14-20(23(27)31)39(34,35)36;/h3-9,11,13,20H,10,12,14H2,1-2H3,(H,34,35,36);/q;+1/p-1. The second-order valence-corrected chi connectivity index (χ2v) is 11.4. The fourth-order valence-electron chi connectivity index (χ4n) is 5.25. The van der Waals surface area contributed by atoms with Crippen LogP contribution in [0.15, 0.2) is 48.5 Å². The largest absolute Gasteiger partial charge is 1.00 e. The number of amides is 2. The van der Waals surface area contributed by atoms with Crippen LogP contribution in [0, 0.1) is 10.1 Å². The first-order chi connectivity index (χ1) is 18.3. The molecule has 3 heterocycles. The zero-order chi connectivity index (χ0) is 28.3. The molecule has 2 atom stereocenters. The van der Waals surface area contributed by atoms with E-state index < -0.39 is 55.6 Å². The first-order valence-electron chi connectivity index (χ1n) is 11.8. The second-order valence-electron chi connectivity index (χ2n) is 9.83. The summed E-state index contributed by atoms with van der Waals surface area (Å²) < 4.78 is 40.3. The zero-order valence-electron chi connectivity index (χ0n) is 21.7. The van der Waals surface area contributed by atoms with E-state index in [0.717, 1.165) is 11.3 Å². The van der Waals surface area contributed by atoms with E-state index in [0.29, 0.717) is 11.3 Å². The molecule has 3 aliphatic heterocycles. The third-order valence-electron chi connectivity index (χ3n) is 7.27. The van der Waals surface area contributed by atoms with Crippen LogP contribution >= 0.6 is 0 Å². The summed E-state index contributed by atoms with van der Waals surface area (Å²) in [6.45, 7) is 3.90. The van der Waals surface area contributed by atoms with Gasteiger partial charge in [-0.25, -0.2) is 13.2 Å². The molecule has 2 unspecified atom stereocenters. The number of carbonyl (C=O) groups excluding carboxylic acids is 3. The first-order valence-corrected chi connectivity index (χ1v) is 13.3. The molecule has 204 valence electrons. The van der Waals surface area contributed by atoms with Crippen LogP contribution in [0.4, 0.5) is 11.4 Å². The normalized spacial score (nSPS) is 22.4. The van der Waals surface area contributed by atoms with E-state index in [2.05, 4.69) is 0 Å². The van der Waals surface area contributed by atoms with Gasteiger partial charge in [0, 0.05) is 29.9 Å². The van der Waals surface area contributed by atoms with E-state index in [1.54, 1.807) is 12.2 Å². The van der Waals surface area contributed by atoms with Crippen molar-refractivity contribution in [1.29, 1.82) is 0 Å². The molecule has 2 aromatic rings. The number of imide groups is 1. The number of rotatable bonds is 6. The Balaban J connectivity index is 0.00000370. The number of benzene rings is 2. The molecular weight excluding hydrogens is 557 g/mol. The van der Waals surface area contributed by atoms with Gasteiger partial charge < -0.3 is 19.0 Å². The number of ether oxygens (including phenoxy) is 1. The van der Waals surface area contributed by atoms with Gasteiger partial charge in [0.15, 0.2) is 0 Å². The second kappa shape index (κ2) is 10.3. The Labute approximate surface area is 250 Å². The predicted octanol–water partition coefficient (Wildman–Crippen LogP) is -0.980. The van der Waals surface area contributed by atoms with Crippen molar-refractivity contribution < 1.29 is 71.4 Å². The maximum Gasteiger partial charge on any atom is 1.00 e. The van der Waals surface area contributed by atoms with Gasteiger partial charge in [-0.15, -0.1) is 5.06 Å². The molecule has 13 nitrogen and oxygen atoms in total. The molecule has 0 radical (unpaired) electrons. The van der Waals surface area contributed by atoms with Crippen LogP contribution in [0.1, 0.15) is 37.8 Å². The van der Waals surface area contributed by atoms with E-state index in [1.165, 1.54) is 18.2 Å². The van der Waals surface area contributed by atoms with Gasteiger partial charge in [0.2, 0.25) is 5.72 Å². The molecule has 15 heteroatoms. The van der Waals surface area contributed by atoms with Crippen molar-refractivity contribution in [3.63, 3.8) is 0 Å². The Bertz CT molecular complexity index is 1570. The van der Waals surface area contributed by atoms with Crippen molar-refractivity contribution in [2.45, 2.75) is 43.1 Å². The Hall–Kier alpha value is -3.30. The minimum atomic E-state index is -5.10. The number of nitrogens with zero attached hydrogens (tertiary/aromatic N) is 3. The van der Waals surface area contributed by atoms with Crippen LogP contribution < -0.4 is 39.2 Å². The minimum Gasteiger partial charge on any atom is -0.747 e. The molecule has 3 aliphatic rings. The van der Waals surface area contributed by atoms with Crippen LogP contribution in [0.3, 0.4) is 0 Å². The maximum absolute atomic E-state index is 12.7. The first kappa shape index (κ1) is 29.7. The Morgan fingerprint density at radius 3 is 2.55 bits per heavy atom. The Kier molecular flexibility index (Phi) is 7.62. The molecule has 0 N–H and O–H groups in total. The average Bonchev–Trinajstić information content (AvgIpc) is 3.25. The molecule has 5 rings (SSSR count). The molecule has 1 fully saturated rings. The summed E-state index contributed by atoms with van der Waals surface area (Å²) in [5, 5.41) is 9.11. The Morgan fingerprint density at radius 2 is 1.90 bits per heavy atom. The van der Waals surface area contributed by atoms with Crippen LogP contribution in [-0.2, 0) is 34.8 Å². The van der Waals surface area contributed by atoms with Gasteiger partial charge in [-0.1, -0.05) is 18.2 Å². The molecular formula is C25H22N3NaO10S. The monoisotopic (exact) mass is 579 g/mol. The quantitative estimate of drug-likeness (QED) is 0.135. The molecule has 0 aromatic heterocycles. The summed E-state index contributed by atoms with van der Waals surface area (Å²) in [4.78, 5) is 54.4. The molecule has 0 aliphatic carbocycles. The van der Waals surface area contributed by atoms with Crippen LogP contribution in [0.5, 0.6) is 5.75 Å². The number of hydrogen-bond acceptors (Lipinski definition) is 11. The van der Waals surface area contributed by atoms with Crippen molar-refractivity contribution in [3.05, 3.63) is 69.8 Å². The van der Waals surface area contributed by atoms with Crippen molar-refractivity contribution in [2.75, 3.05) is 11.4 Å². The van der Waals surface area contributed by atoms with E-state index in [-0.39, 0.29) is 53.3 Å². The summed E-state index contributed by atoms with van der Waals surface area (Å²) in [6, 6.07) is 11.7. The van der Waals surface area contributed by atoms with Gasteiger partial charge in [0.1, 0.15) is 21.1 Å². The fraction of sp³-hybridized carbons (Fsp3) is 0.320. The number of hydrogen-bond donors (Lipinski definition) is 0. The molecule has 1 spiro atoms. The maximum atomic E-state index is 12.7. The molecule has 0 saturated carbocycles. The van der Waals surface area contributed by atoms with Crippen LogP contribution in [0.2, 0.25) is 0 Å². The van der Waals surface area contributed by atoms with Crippen molar-refractivity contribution in [3.8, 4) is 5.75 Å². The Morgan fingerprint density at radius 1 is 1.20 bits per heavy atom. The number of anilines is 1. The molecule has 1 saturated heterocycles. The summed E-state index contributed by atoms with van der Waals surface area (Å²) >= 11 is 0. The molecule has 0 bridgehead atoms. The summed E-state index contributed by atoms with van der Waals surface area (Å²) in [5.74, 6) is -3.12. The minimum absolute atomic E-state index is 0. The number of fused-ring (bicyclic) bond motifs is 2. The summed E-state index contributed by atoms with van der Waals surface area (Å²) in [7, 11) is -5.10. The number of nitro groups is 1. The van der Waals surface area contributed by atoms with Gasteiger partial charge in [-0.05, 0) is 43.7 Å². The van der Waals surface area contributed by atoms with Crippen molar-refractivity contribution in [1.82, 2.24) is 5.06 Å². The van der Waals surface area contributed by atoms with Crippen molar-refractivity contribution in [2.24, 2.45) is 0 Å². The SMILES string of the molecule is CC1(C)c2ccccc2N(CCC(=O)ON2C(=O)CC(S(=O)(=O)[O-])C2=O)C12C=Cc1cc([N+](=O)[O-])ccc1O2.[Na+]. The molecule has 2 aromatic carbocycles. The smallest absolute Gasteiger partial charge is 0.747 e. The number of nitro benzene ring substituents is 1. The molecule has 40 heavy (non-hydrogen) atoms. The summed E-state index contributed by atoms with van der Waals surface area (Å²) in [6.07, 6.45) is 2.24. The van der Waals surface area contributed by atoms with E-state index in [1.807, 2.05) is 43.0 Å². The van der Waals surface area contributed by atoms with E-state index in [4.69, 9.17) is 9.57 Å². The van der Waals surface area contributed by atoms with Gasteiger partial charge >= 0.3 is 35.5 Å². The topological polar surface area (TPSA) is 176 Å². The molecule has 2 amide bonds. The third-order valence-corrected chi connectivity index (χ3v) is 8.33. The van der Waals surface area contributed by atoms with E-state index in [9.17, 15) is 37.5 Å². The van der Waals surface area contributed by atoms with Crippen molar-refractivity contribution >= 4 is 45.4 Å². The number of hydroxylamine groups is 2. The van der Waals surface area contributed by atoms with E-state index >= 15 is 0 Å². The average molecular weight is 580 g/mol. The number of para-hydroxylation sites is 1.